The number of hydrogen-bond donors (Lipinski definition) is 2. The molecule has 4 nitrogen and oxygen atoms in total. The van der Waals surface area contributed by atoms with Crippen LogP contribution in [0.25, 0.3) is 0 Å². The van der Waals surface area contributed by atoms with Gasteiger partial charge >= 0.3 is 0 Å². The van der Waals surface area contributed by atoms with E-state index in [0.717, 1.165) is 17.4 Å². The number of anilines is 2. The quantitative estimate of drug-likeness (QED) is 0.856. The van der Waals surface area contributed by atoms with E-state index in [1.54, 1.807) is 0 Å². The fourth-order valence-corrected chi connectivity index (χ4v) is 3.79. The minimum atomic E-state index is -3.72. The molecule has 96 valence electrons. The van der Waals surface area contributed by atoms with E-state index in [1.165, 1.54) is 24.3 Å². The molecule has 0 atom stereocenters. The fraction of sp³-hybridized carbons (Fsp3) is 0. The molecule has 0 aliphatic carbocycles. The van der Waals surface area contributed by atoms with Gasteiger partial charge in [-0.15, -0.1) is 11.3 Å². The van der Waals surface area contributed by atoms with Crippen LogP contribution in [0.5, 0.6) is 0 Å². The van der Waals surface area contributed by atoms with Crippen LogP contribution in [0, 0.1) is 5.82 Å². The Labute approximate surface area is 112 Å². The molecule has 0 aliphatic heterocycles. The van der Waals surface area contributed by atoms with Gasteiger partial charge < -0.3 is 5.73 Å². The number of nitrogen functional groups attached to an aromatic ring is 1. The van der Waals surface area contributed by atoms with E-state index in [4.69, 9.17) is 17.3 Å². The Morgan fingerprint density at radius 2 is 2.00 bits per heavy atom. The molecular formula is C10H8ClFN2O2S2. The molecule has 0 saturated heterocycles. The molecule has 0 saturated carbocycles. The van der Waals surface area contributed by atoms with Gasteiger partial charge in [-0.2, -0.15) is 0 Å². The van der Waals surface area contributed by atoms with Crippen molar-refractivity contribution in [2.24, 2.45) is 0 Å². The smallest absolute Gasteiger partial charge is 0.271 e. The molecule has 0 fully saturated rings. The number of nitrogens with one attached hydrogen (secondary N) is 1. The van der Waals surface area contributed by atoms with Crippen molar-refractivity contribution < 1.29 is 12.8 Å². The van der Waals surface area contributed by atoms with Gasteiger partial charge in [0.05, 0.1) is 15.7 Å². The third-order valence-corrected chi connectivity index (χ3v) is 5.17. The van der Waals surface area contributed by atoms with E-state index in [2.05, 4.69) is 4.72 Å². The topological polar surface area (TPSA) is 72.2 Å². The highest BCUT2D eigenvalue weighted by Crippen LogP contribution is 2.27. The standard InChI is InChI=1S/C10H8ClFN2O2S2/c11-9-3-4-10(17-9)18(15,16)14-6-1-2-7(12)8(13)5-6/h1-5,14H,13H2. The average Bonchev–Trinajstić information content (AvgIpc) is 2.71. The lowest BCUT2D eigenvalue weighted by Crippen LogP contribution is -2.11. The summed E-state index contributed by atoms with van der Waals surface area (Å²) >= 11 is 6.60. The summed E-state index contributed by atoms with van der Waals surface area (Å²) in [5.74, 6) is -0.600. The molecule has 0 aliphatic rings. The van der Waals surface area contributed by atoms with E-state index in [1.807, 2.05) is 0 Å². The maximum Gasteiger partial charge on any atom is 0.271 e. The zero-order chi connectivity index (χ0) is 13.3. The lowest BCUT2D eigenvalue weighted by molar-refractivity contribution is 0.603. The van der Waals surface area contributed by atoms with Gasteiger partial charge in [-0.25, -0.2) is 12.8 Å². The molecule has 0 spiro atoms. The summed E-state index contributed by atoms with van der Waals surface area (Å²) in [5.41, 5.74) is 5.42. The SMILES string of the molecule is Nc1cc(NS(=O)(=O)c2ccc(Cl)s2)ccc1F. The Hall–Kier alpha value is -1.31. The molecule has 1 heterocycles. The fourth-order valence-electron chi connectivity index (χ4n) is 1.25. The highest BCUT2D eigenvalue weighted by molar-refractivity contribution is 7.94. The van der Waals surface area contributed by atoms with Crippen molar-refractivity contribution in [1.29, 1.82) is 0 Å². The Balaban J connectivity index is 2.30. The summed E-state index contributed by atoms with van der Waals surface area (Å²) < 4.78 is 39.5. The molecule has 0 radical (unpaired) electrons. The molecule has 18 heavy (non-hydrogen) atoms. The summed E-state index contributed by atoms with van der Waals surface area (Å²) in [6.45, 7) is 0. The first-order valence-corrected chi connectivity index (χ1v) is 7.39. The number of sulfonamides is 1. The molecule has 1 aromatic carbocycles. The second kappa shape index (κ2) is 4.75. The molecule has 2 rings (SSSR count). The van der Waals surface area contributed by atoms with E-state index >= 15 is 0 Å². The number of thiophene rings is 1. The number of halogens is 2. The van der Waals surface area contributed by atoms with Gasteiger partial charge in [0, 0.05) is 0 Å². The van der Waals surface area contributed by atoms with Crippen LogP contribution in [0.15, 0.2) is 34.5 Å². The second-order valence-corrected chi connectivity index (χ2v) is 7.02. The third-order valence-electron chi connectivity index (χ3n) is 2.06. The third kappa shape index (κ3) is 2.74. The molecule has 8 heteroatoms. The average molecular weight is 307 g/mol. The van der Waals surface area contributed by atoms with Crippen LogP contribution < -0.4 is 10.5 Å². The second-order valence-electron chi connectivity index (χ2n) is 3.40. The van der Waals surface area contributed by atoms with Crippen molar-refractivity contribution >= 4 is 44.3 Å². The highest BCUT2D eigenvalue weighted by atomic mass is 35.5. The van der Waals surface area contributed by atoms with Crippen LogP contribution in [0.2, 0.25) is 4.34 Å². The van der Waals surface area contributed by atoms with Gasteiger partial charge in [-0.1, -0.05) is 11.6 Å². The van der Waals surface area contributed by atoms with Crippen LogP contribution >= 0.6 is 22.9 Å². The summed E-state index contributed by atoms with van der Waals surface area (Å²) in [5, 5.41) is 0. The summed E-state index contributed by atoms with van der Waals surface area (Å²) in [6.07, 6.45) is 0. The molecule has 0 bridgehead atoms. The number of hydrogen-bond acceptors (Lipinski definition) is 4. The monoisotopic (exact) mass is 306 g/mol. The van der Waals surface area contributed by atoms with E-state index in [0.29, 0.717) is 4.34 Å². The largest absolute Gasteiger partial charge is 0.396 e. The van der Waals surface area contributed by atoms with Crippen LogP contribution in [-0.4, -0.2) is 8.42 Å². The summed E-state index contributed by atoms with van der Waals surface area (Å²) in [6, 6.07) is 6.47. The van der Waals surface area contributed by atoms with Gasteiger partial charge in [-0.3, -0.25) is 4.72 Å². The highest BCUT2D eigenvalue weighted by Gasteiger charge is 2.17. The van der Waals surface area contributed by atoms with Gasteiger partial charge in [0.15, 0.2) is 0 Å². The predicted molar refractivity (Wildman–Crippen MR) is 70.9 cm³/mol. The molecule has 2 aromatic rings. The molecular weight excluding hydrogens is 299 g/mol. The maximum absolute atomic E-state index is 12.9. The summed E-state index contributed by atoms with van der Waals surface area (Å²) in [4.78, 5) is 0. The van der Waals surface area contributed by atoms with E-state index in [9.17, 15) is 12.8 Å². The first-order chi connectivity index (χ1) is 8.38. The van der Waals surface area contributed by atoms with Gasteiger partial charge in [-0.05, 0) is 30.3 Å². The van der Waals surface area contributed by atoms with Crippen molar-refractivity contribution in [2.75, 3.05) is 10.5 Å². The van der Waals surface area contributed by atoms with Crippen LogP contribution in [0.1, 0.15) is 0 Å². The van der Waals surface area contributed by atoms with Crippen molar-refractivity contribution in [2.45, 2.75) is 4.21 Å². The lowest BCUT2D eigenvalue weighted by Gasteiger charge is -2.07. The van der Waals surface area contributed by atoms with Crippen molar-refractivity contribution in [3.8, 4) is 0 Å². The Morgan fingerprint density at radius 1 is 1.28 bits per heavy atom. The number of rotatable bonds is 3. The maximum atomic E-state index is 12.9. The Bertz CT molecular complexity index is 685. The van der Waals surface area contributed by atoms with E-state index in [-0.39, 0.29) is 15.6 Å². The van der Waals surface area contributed by atoms with Crippen LogP contribution in [0.4, 0.5) is 15.8 Å². The molecule has 0 amide bonds. The van der Waals surface area contributed by atoms with Crippen molar-refractivity contribution in [3.05, 3.63) is 40.5 Å². The van der Waals surface area contributed by atoms with Crippen LogP contribution in [-0.2, 0) is 10.0 Å². The predicted octanol–water partition coefficient (Wildman–Crippen LogP) is 2.92. The van der Waals surface area contributed by atoms with Gasteiger partial charge in [0.2, 0.25) is 0 Å². The first-order valence-electron chi connectivity index (χ1n) is 4.72. The van der Waals surface area contributed by atoms with E-state index < -0.39 is 15.8 Å². The molecule has 3 N–H and O–H groups in total. The van der Waals surface area contributed by atoms with Crippen molar-refractivity contribution in [1.82, 2.24) is 0 Å². The first kappa shape index (κ1) is 13.1. The lowest BCUT2D eigenvalue weighted by atomic mass is 10.3. The Morgan fingerprint density at radius 3 is 2.56 bits per heavy atom. The molecule has 0 unspecified atom stereocenters. The molecule has 1 aromatic heterocycles. The Kier molecular flexibility index (Phi) is 3.47. The normalized spacial score (nSPS) is 11.4. The van der Waals surface area contributed by atoms with Crippen LogP contribution in [0.3, 0.4) is 0 Å². The zero-order valence-electron chi connectivity index (χ0n) is 8.85. The zero-order valence-corrected chi connectivity index (χ0v) is 11.2. The van der Waals surface area contributed by atoms with Gasteiger partial charge in [0.1, 0.15) is 10.0 Å². The number of nitrogens with two attached hydrogens (primary N) is 1. The van der Waals surface area contributed by atoms with Crippen molar-refractivity contribution in [3.63, 3.8) is 0 Å². The van der Waals surface area contributed by atoms with Gasteiger partial charge in [0.25, 0.3) is 10.0 Å². The summed E-state index contributed by atoms with van der Waals surface area (Å²) in [7, 11) is -3.72. The minimum Gasteiger partial charge on any atom is -0.396 e. The number of benzene rings is 1. The minimum absolute atomic E-state index is 0.0791.